The molecular weight excluding hydrogens is 359 g/mol. The van der Waals surface area contributed by atoms with E-state index >= 15 is 0 Å². The Labute approximate surface area is 161 Å². The summed E-state index contributed by atoms with van der Waals surface area (Å²) < 4.78 is 14.3. The zero-order chi connectivity index (χ0) is 20.1. The molecule has 0 aliphatic rings. The molecule has 142 valence electrons. The van der Waals surface area contributed by atoms with Gasteiger partial charge in [0, 0.05) is 31.4 Å². The summed E-state index contributed by atoms with van der Waals surface area (Å²) in [4.78, 5) is 40.0. The number of amides is 1. The quantitative estimate of drug-likeness (QED) is 0.489. The van der Waals surface area contributed by atoms with Crippen LogP contribution in [0.4, 0.5) is 4.39 Å². The highest BCUT2D eigenvalue weighted by molar-refractivity contribution is 6.11. The molecule has 1 amide bonds. The van der Waals surface area contributed by atoms with Gasteiger partial charge in [-0.1, -0.05) is 36.4 Å². The number of pyridine rings is 1. The van der Waals surface area contributed by atoms with Crippen LogP contribution in [0.1, 0.15) is 22.0 Å². The Morgan fingerprint density at radius 2 is 1.61 bits per heavy atom. The second-order valence-electron chi connectivity index (χ2n) is 6.40. The Balaban J connectivity index is 1.97. The molecule has 2 aromatic carbocycles. The lowest BCUT2D eigenvalue weighted by molar-refractivity contribution is -0.132. The highest BCUT2D eigenvalue weighted by Crippen LogP contribution is 2.18. The number of hydrogen-bond acceptors (Lipinski definition) is 3. The van der Waals surface area contributed by atoms with E-state index in [0.29, 0.717) is 0 Å². The van der Waals surface area contributed by atoms with E-state index in [2.05, 4.69) is 0 Å². The van der Waals surface area contributed by atoms with Gasteiger partial charge in [-0.3, -0.25) is 19.0 Å². The van der Waals surface area contributed by atoms with Crippen molar-refractivity contribution in [3.05, 3.63) is 106 Å². The molecule has 3 aromatic rings. The van der Waals surface area contributed by atoms with Crippen LogP contribution in [0.3, 0.4) is 0 Å². The van der Waals surface area contributed by atoms with Gasteiger partial charge in [0.2, 0.25) is 0 Å². The Hall–Kier alpha value is -3.54. The molecule has 28 heavy (non-hydrogen) atoms. The van der Waals surface area contributed by atoms with Gasteiger partial charge in [0.15, 0.2) is 11.8 Å². The minimum atomic E-state index is -1.37. The summed E-state index contributed by atoms with van der Waals surface area (Å²) in [6.07, 6.45) is 1.41. The maximum atomic E-state index is 13.2. The second kappa shape index (κ2) is 8.43. The third-order valence-electron chi connectivity index (χ3n) is 4.38. The number of rotatable bonds is 6. The number of likely N-dealkylation sites (N-methyl/N-ethyl adjacent to an activating group) is 1. The molecule has 0 spiro atoms. The molecule has 1 heterocycles. The highest BCUT2D eigenvalue weighted by atomic mass is 19.1. The summed E-state index contributed by atoms with van der Waals surface area (Å²) in [5.74, 6) is -1.58. The lowest BCUT2D eigenvalue weighted by Crippen LogP contribution is -2.41. The zero-order valence-electron chi connectivity index (χ0n) is 15.3. The van der Waals surface area contributed by atoms with Crippen LogP contribution in [-0.2, 0) is 11.3 Å². The largest absolute Gasteiger partial charge is 0.339 e. The average molecular weight is 378 g/mol. The Morgan fingerprint density at radius 3 is 2.25 bits per heavy atom. The molecule has 0 aliphatic heterocycles. The Morgan fingerprint density at radius 1 is 0.964 bits per heavy atom. The maximum absolute atomic E-state index is 13.2. The summed E-state index contributed by atoms with van der Waals surface area (Å²) in [6.45, 7) is 0.286. The summed E-state index contributed by atoms with van der Waals surface area (Å²) in [7, 11) is 1.58. The Bertz CT molecular complexity index is 1030. The van der Waals surface area contributed by atoms with Crippen molar-refractivity contribution >= 4 is 11.7 Å². The van der Waals surface area contributed by atoms with E-state index in [-0.39, 0.29) is 12.1 Å². The SMILES string of the molecule is CN(Cc1ccccc1)C(=O)C(C(=O)c1ccc(F)cc1)n1ccccc1=O. The van der Waals surface area contributed by atoms with E-state index in [0.717, 1.165) is 22.3 Å². The predicted molar refractivity (Wildman–Crippen MR) is 103 cm³/mol. The standard InChI is InChI=1S/C22H19FN2O3/c1-24(15-16-7-3-2-4-8-16)22(28)20(25-14-6-5-9-19(25)26)21(27)17-10-12-18(23)13-11-17/h2-14,20H,15H2,1H3. The average Bonchev–Trinajstić information content (AvgIpc) is 2.70. The van der Waals surface area contributed by atoms with Crippen LogP contribution in [-0.4, -0.2) is 28.2 Å². The van der Waals surface area contributed by atoms with Crippen LogP contribution < -0.4 is 5.56 Å². The van der Waals surface area contributed by atoms with Crippen molar-refractivity contribution in [3.8, 4) is 0 Å². The number of nitrogens with zero attached hydrogens (tertiary/aromatic N) is 2. The van der Waals surface area contributed by atoms with Crippen LogP contribution in [0.15, 0.2) is 83.8 Å². The smallest absolute Gasteiger partial charge is 0.253 e. The second-order valence-corrected chi connectivity index (χ2v) is 6.40. The first kappa shape index (κ1) is 19.2. The third kappa shape index (κ3) is 4.23. The summed E-state index contributed by atoms with van der Waals surface area (Å²) in [5.41, 5.74) is 0.583. The Kier molecular flexibility index (Phi) is 5.79. The molecule has 0 N–H and O–H groups in total. The van der Waals surface area contributed by atoms with Crippen molar-refractivity contribution in [1.29, 1.82) is 0 Å². The van der Waals surface area contributed by atoms with Crippen molar-refractivity contribution < 1.29 is 14.0 Å². The van der Waals surface area contributed by atoms with Crippen molar-refractivity contribution in [1.82, 2.24) is 9.47 Å². The van der Waals surface area contributed by atoms with Gasteiger partial charge in [-0.15, -0.1) is 0 Å². The maximum Gasteiger partial charge on any atom is 0.253 e. The first-order chi connectivity index (χ1) is 13.5. The molecule has 1 aromatic heterocycles. The van der Waals surface area contributed by atoms with Crippen molar-refractivity contribution in [2.45, 2.75) is 12.6 Å². The van der Waals surface area contributed by atoms with Crippen molar-refractivity contribution in [3.63, 3.8) is 0 Å². The van der Waals surface area contributed by atoms with Gasteiger partial charge in [0.05, 0.1) is 0 Å². The first-order valence-electron chi connectivity index (χ1n) is 8.73. The van der Waals surface area contributed by atoms with Gasteiger partial charge >= 0.3 is 0 Å². The van der Waals surface area contributed by atoms with Gasteiger partial charge in [-0.25, -0.2) is 4.39 Å². The summed E-state index contributed by atoms with van der Waals surface area (Å²) in [5, 5.41) is 0. The third-order valence-corrected chi connectivity index (χ3v) is 4.38. The number of hydrogen-bond donors (Lipinski definition) is 0. The molecular formula is C22H19FN2O3. The molecule has 5 nitrogen and oxygen atoms in total. The number of carbonyl (C=O) groups excluding carboxylic acids is 2. The first-order valence-corrected chi connectivity index (χ1v) is 8.73. The number of benzene rings is 2. The fraction of sp³-hybridized carbons (Fsp3) is 0.136. The highest BCUT2D eigenvalue weighted by Gasteiger charge is 2.32. The molecule has 0 radical (unpaired) electrons. The summed E-state index contributed by atoms with van der Waals surface area (Å²) in [6, 6.07) is 17.3. The van der Waals surface area contributed by atoms with E-state index < -0.39 is 29.1 Å². The monoisotopic (exact) mass is 378 g/mol. The van der Waals surface area contributed by atoms with Crippen LogP contribution in [0.25, 0.3) is 0 Å². The van der Waals surface area contributed by atoms with E-state index in [9.17, 15) is 18.8 Å². The van der Waals surface area contributed by atoms with Crippen molar-refractivity contribution in [2.75, 3.05) is 7.05 Å². The molecule has 0 fully saturated rings. The van der Waals surface area contributed by atoms with Crippen molar-refractivity contribution in [2.24, 2.45) is 0 Å². The van der Waals surface area contributed by atoms with Gasteiger partial charge < -0.3 is 4.90 Å². The predicted octanol–water partition coefficient (Wildman–Crippen LogP) is 3.07. The van der Waals surface area contributed by atoms with Crippen LogP contribution in [0.5, 0.6) is 0 Å². The summed E-state index contributed by atoms with van der Waals surface area (Å²) >= 11 is 0. The number of ketones is 1. The van der Waals surface area contributed by atoms with Crippen LogP contribution in [0.2, 0.25) is 0 Å². The molecule has 6 heteroatoms. The lowest BCUT2D eigenvalue weighted by atomic mass is 10.0. The minimum Gasteiger partial charge on any atom is -0.339 e. The molecule has 0 saturated carbocycles. The number of carbonyl (C=O) groups is 2. The van der Waals surface area contributed by atoms with E-state index in [1.54, 1.807) is 13.1 Å². The van der Waals surface area contributed by atoms with Crippen LogP contribution in [0, 0.1) is 5.82 Å². The van der Waals surface area contributed by atoms with Gasteiger partial charge in [0.1, 0.15) is 5.82 Å². The molecule has 0 bridgehead atoms. The van der Waals surface area contributed by atoms with Gasteiger partial charge in [-0.2, -0.15) is 0 Å². The lowest BCUT2D eigenvalue weighted by Gasteiger charge is -2.24. The van der Waals surface area contributed by atoms with Gasteiger partial charge in [0.25, 0.3) is 11.5 Å². The zero-order valence-corrected chi connectivity index (χ0v) is 15.3. The molecule has 1 unspecified atom stereocenters. The minimum absolute atomic E-state index is 0.156. The topological polar surface area (TPSA) is 59.4 Å². The fourth-order valence-corrected chi connectivity index (χ4v) is 2.93. The van der Waals surface area contributed by atoms with E-state index in [4.69, 9.17) is 0 Å². The normalized spacial score (nSPS) is 11.6. The molecule has 3 rings (SSSR count). The van der Waals surface area contributed by atoms with E-state index in [1.807, 2.05) is 30.3 Å². The molecule has 0 saturated heterocycles. The molecule has 0 aliphatic carbocycles. The van der Waals surface area contributed by atoms with Gasteiger partial charge in [-0.05, 0) is 35.9 Å². The van der Waals surface area contributed by atoms with Crippen LogP contribution >= 0.6 is 0 Å². The number of halogens is 1. The molecule has 1 atom stereocenters. The number of Topliss-reactive ketones (excluding diaryl/α,β-unsaturated/α-hetero) is 1. The van der Waals surface area contributed by atoms with E-state index in [1.165, 1.54) is 35.4 Å². The fourth-order valence-electron chi connectivity index (χ4n) is 2.93. The number of aromatic nitrogens is 1.